The van der Waals surface area contributed by atoms with Crippen molar-refractivity contribution in [3.63, 3.8) is 0 Å². The fourth-order valence-corrected chi connectivity index (χ4v) is 2.11. The van der Waals surface area contributed by atoms with Crippen molar-refractivity contribution >= 4 is 22.9 Å². The number of carbonyl (C=O) groups is 1. The number of amides is 1. The summed E-state index contributed by atoms with van der Waals surface area (Å²) in [6, 6.07) is 5.47. The lowest BCUT2D eigenvalue weighted by atomic mass is 10.2. The average Bonchev–Trinajstić information content (AvgIpc) is 2.77. The molecule has 0 fully saturated rings. The predicted molar refractivity (Wildman–Crippen MR) is 65.9 cm³/mol. The molecule has 0 unspecified atom stereocenters. The van der Waals surface area contributed by atoms with Gasteiger partial charge in [0.05, 0.1) is 22.5 Å². The Morgan fingerprint density at radius 1 is 1.56 bits per heavy atom. The van der Waals surface area contributed by atoms with Crippen LogP contribution in [0, 0.1) is 24.1 Å². The molecule has 0 aliphatic carbocycles. The van der Waals surface area contributed by atoms with Gasteiger partial charge in [0.25, 0.3) is 5.91 Å². The summed E-state index contributed by atoms with van der Waals surface area (Å²) in [6.07, 6.45) is 0. The molecule has 2 rings (SSSR count). The number of nitrogens with one attached hydrogen (secondary N) is 1. The van der Waals surface area contributed by atoms with Crippen LogP contribution in [0.25, 0.3) is 0 Å². The van der Waals surface area contributed by atoms with Crippen LogP contribution in [0.1, 0.15) is 20.9 Å². The summed E-state index contributed by atoms with van der Waals surface area (Å²) < 4.78 is 12.9. The molecule has 1 N–H and O–H groups in total. The van der Waals surface area contributed by atoms with Crippen LogP contribution in [0.4, 0.5) is 10.1 Å². The molecule has 1 amide bonds. The van der Waals surface area contributed by atoms with Gasteiger partial charge in [0.15, 0.2) is 0 Å². The van der Waals surface area contributed by atoms with Gasteiger partial charge >= 0.3 is 0 Å². The largest absolute Gasteiger partial charge is 0.320 e. The smallest absolute Gasteiger partial charge is 0.267 e. The first kappa shape index (κ1) is 12.2. The van der Waals surface area contributed by atoms with Crippen LogP contribution in [0.2, 0.25) is 0 Å². The normalized spacial score (nSPS) is 9.83. The van der Waals surface area contributed by atoms with Crippen molar-refractivity contribution < 1.29 is 9.18 Å². The Bertz CT molecular complexity index is 645. The highest BCUT2D eigenvalue weighted by Gasteiger charge is 2.13. The summed E-state index contributed by atoms with van der Waals surface area (Å²) in [7, 11) is 0. The minimum absolute atomic E-state index is 0.0884. The van der Waals surface area contributed by atoms with E-state index < -0.39 is 5.82 Å². The van der Waals surface area contributed by atoms with E-state index in [9.17, 15) is 9.18 Å². The Morgan fingerprint density at radius 2 is 2.33 bits per heavy atom. The molecule has 0 spiro atoms. The number of benzene rings is 1. The molecule has 1 aromatic carbocycles. The zero-order valence-corrected chi connectivity index (χ0v) is 10.2. The van der Waals surface area contributed by atoms with Crippen molar-refractivity contribution in [1.82, 2.24) is 4.98 Å². The number of thiazole rings is 1. The van der Waals surface area contributed by atoms with Crippen LogP contribution in [0.3, 0.4) is 0 Å². The summed E-state index contributed by atoms with van der Waals surface area (Å²) in [5.74, 6) is -0.864. The van der Waals surface area contributed by atoms with E-state index in [-0.39, 0.29) is 17.2 Å². The minimum Gasteiger partial charge on any atom is -0.320 e. The van der Waals surface area contributed by atoms with E-state index in [1.54, 1.807) is 12.4 Å². The van der Waals surface area contributed by atoms with Crippen LogP contribution >= 0.6 is 11.3 Å². The van der Waals surface area contributed by atoms with Crippen molar-refractivity contribution in [2.75, 3.05) is 5.32 Å². The molecule has 90 valence electrons. The number of carbonyl (C=O) groups excluding carboxylic acids is 1. The van der Waals surface area contributed by atoms with Crippen molar-refractivity contribution in [3.8, 4) is 6.07 Å². The highest BCUT2D eigenvalue weighted by Crippen LogP contribution is 2.19. The van der Waals surface area contributed by atoms with Crippen LogP contribution in [0.5, 0.6) is 0 Å². The summed E-state index contributed by atoms with van der Waals surface area (Å²) in [4.78, 5) is 16.3. The molecular formula is C12H8FN3OS. The molecule has 0 radical (unpaired) electrons. The predicted octanol–water partition coefficient (Wildman–Crippen LogP) is 2.71. The van der Waals surface area contributed by atoms with E-state index >= 15 is 0 Å². The van der Waals surface area contributed by atoms with E-state index in [2.05, 4.69) is 10.3 Å². The van der Waals surface area contributed by atoms with Gasteiger partial charge in [-0.05, 0) is 25.1 Å². The Balaban J connectivity index is 2.28. The van der Waals surface area contributed by atoms with Crippen LogP contribution in [0.15, 0.2) is 23.7 Å². The van der Waals surface area contributed by atoms with Gasteiger partial charge in [-0.1, -0.05) is 0 Å². The number of aryl methyl sites for hydroxylation is 1. The quantitative estimate of drug-likeness (QED) is 0.903. The first-order valence-corrected chi connectivity index (χ1v) is 5.91. The lowest BCUT2D eigenvalue weighted by Crippen LogP contribution is -2.12. The lowest BCUT2D eigenvalue weighted by Gasteiger charge is -2.05. The number of anilines is 1. The fraction of sp³-hybridized carbons (Fsp3) is 0.0833. The monoisotopic (exact) mass is 261 g/mol. The maximum Gasteiger partial charge on any atom is 0.267 e. The van der Waals surface area contributed by atoms with Gasteiger partial charge in [0.1, 0.15) is 16.8 Å². The number of nitriles is 1. The molecule has 0 saturated heterocycles. The summed E-state index contributed by atoms with van der Waals surface area (Å²) in [5.41, 5.74) is 2.57. The Hall–Kier alpha value is -2.26. The highest BCUT2D eigenvalue weighted by atomic mass is 32.1. The van der Waals surface area contributed by atoms with E-state index in [0.717, 1.165) is 6.07 Å². The third-order valence-electron chi connectivity index (χ3n) is 2.30. The first-order valence-electron chi connectivity index (χ1n) is 5.03. The van der Waals surface area contributed by atoms with Gasteiger partial charge in [-0.2, -0.15) is 5.26 Å². The molecule has 1 heterocycles. The van der Waals surface area contributed by atoms with E-state index in [1.807, 2.05) is 6.07 Å². The second-order valence-corrected chi connectivity index (χ2v) is 4.38. The molecule has 0 saturated carbocycles. The number of aromatic nitrogens is 1. The highest BCUT2D eigenvalue weighted by molar-refractivity contribution is 7.12. The molecule has 4 nitrogen and oxygen atoms in total. The molecule has 0 aliphatic rings. The standard InChI is InChI=1S/C12H8FN3OS/c1-7-11(18-6-15-7)12(17)16-10-3-2-9(13)4-8(10)5-14/h2-4,6H,1H3,(H,16,17). The lowest BCUT2D eigenvalue weighted by molar-refractivity contribution is 0.102. The number of rotatable bonds is 2. The van der Waals surface area contributed by atoms with Crippen LogP contribution in [-0.2, 0) is 0 Å². The van der Waals surface area contributed by atoms with Gasteiger partial charge < -0.3 is 5.32 Å². The second-order valence-electron chi connectivity index (χ2n) is 3.52. The molecule has 0 bridgehead atoms. The molecule has 6 heteroatoms. The molecule has 0 atom stereocenters. The fourth-order valence-electron chi connectivity index (χ4n) is 1.42. The third-order valence-corrected chi connectivity index (χ3v) is 3.23. The van der Waals surface area contributed by atoms with Crippen molar-refractivity contribution in [3.05, 3.63) is 45.7 Å². The van der Waals surface area contributed by atoms with Gasteiger partial charge in [-0.3, -0.25) is 4.79 Å². The zero-order chi connectivity index (χ0) is 13.1. The Labute approximate surface area is 107 Å². The van der Waals surface area contributed by atoms with Gasteiger partial charge in [0, 0.05) is 0 Å². The molecular weight excluding hydrogens is 253 g/mol. The van der Waals surface area contributed by atoms with E-state index in [0.29, 0.717) is 10.6 Å². The molecule has 0 aliphatic heterocycles. The first-order chi connectivity index (χ1) is 8.61. The number of nitrogens with zero attached hydrogens (tertiary/aromatic N) is 2. The topological polar surface area (TPSA) is 65.8 Å². The van der Waals surface area contributed by atoms with Crippen molar-refractivity contribution in [2.24, 2.45) is 0 Å². The SMILES string of the molecule is Cc1ncsc1C(=O)Nc1ccc(F)cc1C#N. The van der Waals surface area contributed by atoms with Gasteiger partial charge in [-0.25, -0.2) is 9.37 Å². The van der Waals surface area contributed by atoms with Crippen LogP contribution < -0.4 is 5.32 Å². The number of hydrogen-bond donors (Lipinski definition) is 1. The number of halogens is 1. The molecule has 2 aromatic rings. The maximum absolute atomic E-state index is 12.9. The molecule has 18 heavy (non-hydrogen) atoms. The van der Waals surface area contributed by atoms with Gasteiger partial charge in [0.2, 0.25) is 0 Å². The van der Waals surface area contributed by atoms with Gasteiger partial charge in [-0.15, -0.1) is 11.3 Å². The zero-order valence-electron chi connectivity index (χ0n) is 9.40. The Morgan fingerprint density at radius 3 is 2.94 bits per heavy atom. The third kappa shape index (κ3) is 2.36. The summed E-state index contributed by atoms with van der Waals surface area (Å²) >= 11 is 1.21. The van der Waals surface area contributed by atoms with E-state index in [4.69, 9.17) is 5.26 Å². The average molecular weight is 261 g/mol. The molecule has 1 aromatic heterocycles. The minimum atomic E-state index is -0.515. The van der Waals surface area contributed by atoms with E-state index in [1.165, 1.54) is 23.5 Å². The van der Waals surface area contributed by atoms with Crippen LogP contribution in [-0.4, -0.2) is 10.9 Å². The number of hydrogen-bond acceptors (Lipinski definition) is 4. The van der Waals surface area contributed by atoms with Crippen molar-refractivity contribution in [2.45, 2.75) is 6.92 Å². The second kappa shape index (κ2) is 4.94. The maximum atomic E-state index is 12.9. The summed E-state index contributed by atoms with van der Waals surface area (Å²) in [5, 5.41) is 11.4. The summed E-state index contributed by atoms with van der Waals surface area (Å²) in [6.45, 7) is 1.72. The Kier molecular flexibility index (Phi) is 3.35. The van der Waals surface area contributed by atoms with Crippen molar-refractivity contribution in [1.29, 1.82) is 5.26 Å².